The Kier molecular flexibility index (Phi) is 3.53. The predicted molar refractivity (Wildman–Crippen MR) is 94.2 cm³/mol. The number of rotatable bonds is 3. The van der Waals surface area contributed by atoms with Gasteiger partial charge in [-0.05, 0) is 50.8 Å². The molecule has 1 N–H and O–H groups in total. The lowest BCUT2D eigenvalue weighted by Crippen LogP contribution is -2.03. The van der Waals surface area contributed by atoms with Gasteiger partial charge in [0.15, 0.2) is 5.82 Å². The number of pyridine rings is 1. The Bertz CT molecular complexity index is 898. The van der Waals surface area contributed by atoms with E-state index in [1.165, 1.54) is 16.9 Å². The van der Waals surface area contributed by atoms with E-state index in [-0.39, 0.29) is 0 Å². The molecule has 0 bridgehead atoms. The Morgan fingerprint density at radius 3 is 2.87 bits per heavy atom. The molecule has 0 amide bonds. The minimum Gasteiger partial charge on any atom is -0.265 e. The highest BCUT2D eigenvalue weighted by Crippen LogP contribution is 2.39. The van der Waals surface area contributed by atoms with Crippen molar-refractivity contribution in [2.45, 2.75) is 33.1 Å². The molecule has 3 heterocycles. The Labute approximate surface area is 138 Å². The number of nitrogens with one attached hydrogen (secondary N) is 1. The summed E-state index contributed by atoms with van der Waals surface area (Å²) < 4.78 is 0. The van der Waals surface area contributed by atoms with Crippen molar-refractivity contribution in [1.82, 2.24) is 15.0 Å². The average molecular weight is 323 g/mol. The van der Waals surface area contributed by atoms with Crippen LogP contribution in [0, 0.1) is 6.92 Å². The quantitative estimate of drug-likeness (QED) is 0.589. The molecule has 3 aromatic rings. The summed E-state index contributed by atoms with van der Waals surface area (Å²) in [7, 11) is 0. The van der Waals surface area contributed by atoms with Crippen LogP contribution in [0.3, 0.4) is 0 Å². The molecular formula is C17H17N5S. The lowest BCUT2D eigenvalue weighted by molar-refractivity contribution is 0.916. The predicted octanol–water partition coefficient (Wildman–Crippen LogP) is 3.72. The van der Waals surface area contributed by atoms with Crippen LogP contribution in [0.15, 0.2) is 29.6 Å². The molecule has 116 valence electrons. The fourth-order valence-electron chi connectivity index (χ4n) is 2.98. The summed E-state index contributed by atoms with van der Waals surface area (Å²) in [4.78, 5) is 15.7. The van der Waals surface area contributed by atoms with Gasteiger partial charge >= 0.3 is 0 Å². The first-order valence-corrected chi connectivity index (χ1v) is 8.53. The lowest BCUT2D eigenvalue weighted by Gasteiger charge is -2.06. The number of hydrogen-bond donors (Lipinski definition) is 1. The number of hydrogen-bond acceptors (Lipinski definition) is 6. The number of anilines is 1. The molecule has 0 aliphatic heterocycles. The molecule has 6 heteroatoms. The smallest absolute Gasteiger partial charge is 0.159 e. The zero-order valence-corrected chi connectivity index (χ0v) is 13.9. The molecular weight excluding hydrogens is 306 g/mol. The first-order valence-electron chi connectivity index (χ1n) is 7.72. The van der Waals surface area contributed by atoms with Crippen molar-refractivity contribution in [3.05, 3.63) is 46.4 Å². The fourth-order valence-corrected chi connectivity index (χ4v) is 4.28. The standard InChI is InChI=1S/C17H17N5S/c1-10(12-6-8-18-9-7-12)21-22-16-15-13-4-3-5-14(13)23-17(15)20-11(2)19-16/h6-9H,3-5H2,1-2H3,(H,19,20,22). The Morgan fingerprint density at radius 2 is 2.04 bits per heavy atom. The van der Waals surface area contributed by atoms with Crippen molar-refractivity contribution >= 4 is 33.1 Å². The molecule has 1 aliphatic carbocycles. The van der Waals surface area contributed by atoms with Gasteiger partial charge < -0.3 is 0 Å². The molecule has 0 saturated heterocycles. The molecule has 0 unspecified atom stereocenters. The van der Waals surface area contributed by atoms with E-state index >= 15 is 0 Å². The van der Waals surface area contributed by atoms with Crippen molar-refractivity contribution in [2.24, 2.45) is 5.10 Å². The molecule has 0 spiro atoms. The van der Waals surface area contributed by atoms with Crippen LogP contribution in [-0.2, 0) is 12.8 Å². The van der Waals surface area contributed by atoms with Gasteiger partial charge in [0.25, 0.3) is 0 Å². The summed E-state index contributed by atoms with van der Waals surface area (Å²) in [6.45, 7) is 3.90. The van der Waals surface area contributed by atoms with Crippen LogP contribution >= 0.6 is 11.3 Å². The first-order chi connectivity index (χ1) is 11.2. The van der Waals surface area contributed by atoms with Crippen molar-refractivity contribution in [1.29, 1.82) is 0 Å². The molecule has 0 fully saturated rings. The largest absolute Gasteiger partial charge is 0.265 e. The van der Waals surface area contributed by atoms with Crippen LogP contribution in [0.2, 0.25) is 0 Å². The van der Waals surface area contributed by atoms with Crippen LogP contribution < -0.4 is 5.43 Å². The van der Waals surface area contributed by atoms with E-state index in [0.717, 1.165) is 46.0 Å². The van der Waals surface area contributed by atoms with Gasteiger partial charge in [-0.1, -0.05) is 0 Å². The summed E-state index contributed by atoms with van der Waals surface area (Å²) >= 11 is 1.80. The maximum absolute atomic E-state index is 4.60. The molecule has 1 aliphatic rings. The number of aromatic nitrogens is 3. The van der Waals surface area contributed by atoms with E-state index in [2.05, 4.69) is 25.5 Å². The lowest BCUT2D eigenvalue weighted by atomic mass is 10.2. The zero-order chi connectivity index (χ0) is 15.8. The van der Waals surface area contributed by atoms with Gasteiger partial charge in [-0.25, -0.2) is 9.97 Å². The van der Waals surface area contributed by atoms with Crippen molar-refractivity contribution in [3.63, 3.8) is 0 Å². The molecule has 3 aromatic heterocycles. The van der Waals surface area contributed by atoms with Crippen LogP contribution in [-0.4, -0.2) is 20.7 Å². The zero-order valence-electron chi connectivity index (χ0n) is 13.1. The minimum atomic E-state index is 0.775. The van der Waals surface area contributed by atoms with Gasteiger partial charge in [-0.15, -0.1) is 11.3 Å². The maximum Gasteiger partial charge on any atom is 0.159 e. The number of thiophene rings is 1. The third-order valence-electron chi connectivity index (χ3n) is 4.10. The van der Waals surface area contributed by atoms with Gasteiger partial charge in [0.05, 0.1) is 11.1 Å². The second-order valence-electron chi connectivity index (χ2n) is 5.70. The average Bonchev–Trinajstić information content (AvgIpc) is 3.13. The Morgan fingerprint density at radius 1 is 1.22 bits per heavy atom. The van der Waals surface area contributed by atoms with Crippen LogP contribution in [0.25, 0.3) is 10.2 Å². The van der Waals surface area contributed by atoms with Gasteiger partial charge in [0.1, 0.15) is 10.7 Å². The maximum atomic E-state index is 4.60. The van der Waals surface area contributed by atoms with Crippen LogP contribution in [0.4, 0.5) is 5.82 Å². The molecule has 0 saturated carbocycles. The Balaban J connectivity index is 1.74. The number of nitrogens with zero attached hydrogens (tertiary/aromatic N) is 4. The normalized spacial score (nSPS) is 14.3. The molecule has 23 heavy (non-hydrogen) atoms. The second-order valence-corrected chi connectivity index (χ2v) is 6.79. The third-order valence-corrected chi connectivity index (χ3v) is 5.29. The molecule has 0 atom stereocenters. The molecule has 4 rings (SSSR count). The van der Waals surface area contributed by atoms with Crippen molar-refractivity contribution < 1.29 is 0 Å². The summed E-state index contributed by atoms with van der Waals surface area (Å²) in [6, 6.07) is 3.90. The van der Waals surface area contributed by atoms with Gasteiger partial charge in [0, 0.05) is 22.8 Å². The summed E-state index contributed by atoms with van der Waals surface area (Å²) in [6.07, 6.45) is 7.04. The van der Waals surface area contributed by atoms with Gasteiger partial charge in [0.2, 0.25) is 0 Å². The molecule has 0 aromatic carbocycles. The molecule has 0 radical (unpaired) electrons. The SMILES string of the molecule is CC(=NNc1nc(C)nc2sc3c(c12)CCC3)c1ccncc1. The van der Waals surface area contributed by atoms with Gasteiger partial charge in [-0.3, -0.25) is 10.4 Å². The number of fused-ring (bicyclic) bond motifs is 3. The van der Waals surface area contributed by atoms with E-state index in [9.17, 15) is 0 Å². The van der Waals surface area contributed by atoms with E-state index in [1.54, 1.807) is 23.7 Å². The topological polar surface area (TPSA) is 63.1 Å². The Hall–Kier alpha value is -2.34. The van der Waals surface area contributed by atoms with Crippen LogP contribution in [0.1, 0.15) is 35.2 Å². The van der Waals surface area contributed by atoms with Crippen molar-refractivity contribution in [2.75, 3.05) is 5.43 Å². The van der Waals surface area contributed by atoms with Gasteiger partial charge in [-0.2, -0.15) is 5.10 Å². The highest BCUT2D eigenvalue weighted by atomic mass is 32.1. The second kappa shape index (κ2) is 5.70. The molecule has 5 nitrogen and oxygen atoms in total. The van der Waals surface area contributed by atoms with Crippen molar-refractivity contribution in [3.8, 4) is 0 Å². The van der Waals surface area contributed by atoms with E-state index in [0.29, 0.717) is 0 Å². The minimum absolute atomic E-state index is 0.775. The van der Waals surface area contributed by atoms with E-state index < -0.39 is 0 Å². The third kappa shape index (κ3) is 2.59. The summed E-state index contributed by atoms with van der Waals surface area (Å²) in [5, 5.41) is 5.67. The van der Waals surface area contributed by atoms with Crippen LogP contribution in [0.5, 0.6) is 0 Å². The fraction of sp³-hybridized carbons (Fsp3) is 0.294. The number of hydrazone groups is 1. The highest BCUT2D eigenvalue weighted by molar-refractivity contribution is 7.19. The number of aryl methyl sites for hydroxylation is 3. The summed E-state index contributed by atoms with van der Waals surface area (Å²) in [5.41, 5.74) is 6.52. The summed E-state index contributed by atoms with van der Waals surface area (Å²) in [5.74, 6) is 1.59. The highest BCUT2D eigenvalue weighted by Gasteiger charge is 2.21. The first kappa shape index (κ1) is 14.3. The van der Waals surface area contributed by atoms with E-state index in [4.69, 9.17) is 0 Å². The van der Waals surface area contributed by atoms with E-state index in [1.807, 2.05) is 26.0 Å². The monoisotopic (exact) mass is 323 g/mol.